The zero-order valence-electron chi connectivity index (χ0n) is 10.9. The quantitative estimate of drug-likeness (QED) is 0.382. The molecule has 0 atom stereocenters. The van der Waals surface area contributed by atoms with Crippen LogP contribution in [0.2, 0.25) is 0 Å². The molecule has 3 aromatic rings. The van der Waals surface area contributed by atoms with Gasteiger partial charge in [0.2, 0.25) is 0 Å². The Morgan fingerprint density at radius 2 is 2.10 bits per heavy atom. The molecule has 1 aromatic heterocycles. The third kappa shape index (κ3) is 2.89. The summed E-state index contributed by atoms with van der Waals surface area (Å²) in [5.74, 6) is -0.0202. The number of para-hydroxylation sites is 1. The molecule has 3 nitrogen and oxygen atoms in total. The van der Waals surface area contributed by atoms with Crippen LogP contribution in [0.3, 0.4) is 0 Å². The van der Waals surface area contributed by atoms with E-state index in [4.69, 9.17) is 4.74 Å². The molecule has 0 unspecified atom stereocenters. The van der Waals surface area contributed by atoms with Gasteiger partial charge in [-0.15, -0.1) is 11.3 Å². The predicted molar refractivity (Wildman–Crippen MR) is 88.6 cm³/mol. The van der Waals surface area contributed by atoms with E-state index in [2.05, 4.69) is 27.5 Å². The Morgan fingerprint density at radius 1 is 1.29 bits per heavy atom. The van der Waals surface area contributed by atoms with E-state index in [0.717, 1.165) is 26.9 Å². The smallest absolute Gasteiger partial charge is 0.335 e. The van der Waals surface area contributed by atoms with Crippen molar-refractivity contribution in [1.29, 1.82) is 0 Å². The average molecular weight is 360 g/mol. The second kappa shape index (κ2) is 5.79. The molecule has 0 bridgehead atoms. The van der Waals surface area contributed by atoms with Crippen molar-refractivity contribution < 1.29 is 9.53 Å². The third-order valence-electron chi connectivity index (χ3n) is 2.85. The lowest BCUT2D eigenvalue weighted by atomic mass is 10.2. The lowest BCUT2D eigenvalue weighted by Gasteiger charge is -2.05. The minimum absolute atomic E-state index is 0.463. The average Bonchev–Trinajstić information content (AvgIpc) is 2.93. The third-order valence-corrected chi connectivity index (χ3v) is 4.56. The summed E-state index contributed by atoms with van der Waals surface area (Å²) < 4.78 is 6.97. The first-order valence-corrected chi connectivity index (χ1v) is 7.78. The molecule has 3 rings (SSSR count). The largest absolute Gasteiger partial charge is 0.422 e. The van der Waals surface area contributed by atoms with Crippen molar-refractivity contribution in [2.75, 3.05) is 0 Å². The Morgan fingerprint density at radius 3 is 2.81 bits per heavy atom. The molecule has 0 saturated carbocycles. The second-order valence-electron chi connectivity index (χ2n) is 4.26. The van der Waals surface area contributed by atoms with Crippen molar-refractivity contribution in [3.8, 4) is 16.3 Å². The van der Waals surface area contributed by atoms with Gasteiger partial charge < -0.3 is 4.74 Å². The maximum Gasteiger partial charge on any atom is 0.335 e. The van der Waals surface area contributed by atoms with E-state index >= 15 is 0 Å². The number of nitrogens with zero attached hydrogens (tertiary/aromatic N) is 1. The zero-order chi connectivity index (χ0) is 14.8. The topological polar surface area (TPSA) is 39.2 Å². The molecule has 0 aliphatic carbocycles. The van der Waals surface area contributed by atoms with Gasteiger partial charge in [0.25, 0.3) is 0 Å². The normalized spacial score (nSPS) is 10.5. The van der Waals surface area contributed by atoms with Crippen LogP contribution in [0.1, 0.15) is 0 Å². The SMILES string of the molecule is C=CC(=O)Oc1ccc(-c2nc3ccccc3s2)cc1Br. The molecule has 5 heteroatoms. The van der Waals surface area contributed by atoms with E-state index in [1.54, 1.807) is 17.4 Å². The molecule has 0 amide bonds. The Balaban J connectivity index is 1.97. The summed E-state index contributed by atoms with van der Waals surface area (Å²) in [6, 6.07) is 13.5. The number of fused-ring (bicyclic) bond motifs is 1. The monoisotopic (exact) mass is 359 g/mol. The van der Waals surface area contributed by atoms with Gasteiger partial charge in [0.1, 0.15) is 10.8 Å². The van der Waals surface area contributed by atoms with Gasteiger partial charge in [0, 0.05) is 11.6 Å². The summed E-state index contributed by atoms with van der Waals surface area (Å²) in [7, 11) is 0. The number of halogens is 1. The van der Waals surface area contributed by atoms with Gasteiger partial charge in [0.05, 0.1) is 14.7 Å². The number of aromatic nitrogens is 1. The standard InChI is InChI=1S/C16H10BrNO2S/c1-2-15(19)20-13-8-7-10(9-11(13)17)16-18-12-5-3-4-6-14(12)21-16/h2-9H,1H2. The Labute approximate surface area is 134 Å². The molecule has 0 aliphatic heterocycles. The van der Waals surface area contributed by atoms with Crippen LogP contribution in [0.4, 0.5) is 0 Å². The van der Waals surface area contributed by atoms with Crippen molar-refractivity contribution in [2.24, 2.45) is 0 Å². The summed E-state index contributed by atoms with van der Waals surface area (Å²) in [5, 5.41) is 0.929. The summed E-state index contributed by atoms with van der Waals surface area (Å²) >= 11 is 5.04. The van der Waals surface area contributed by atoms with Crippen LogP contribution in [0.15, 0.2) is 59.6 Å². The van der Waals surface area contributed by atoms with Gasteiger partial charge >= 0.3 is 5.97 Å². The highest BCUT2D eigenvalue weighted by Crippen LogP contribution is 2.34. The molecule has 1 heterocycles. The van der Waals surface area contributed by atoms with Crippen molar-refractivity contribution in [3.05, 3.63) is 59.6 Å². The summed E-state index contributed by atoms with van der Waals surface area (Å²) in [5.41, 5.74) is 1.96. The molecule has 2 aromatic carbocycles. The maximum absolute atomic E-state index is 11.2. The predicted octanol–water partition coefficient (Wildman–Crippen LogP) is 4.82. The van der Waals surface area contributed by atoms with Crippen molar-refractivity contribution in [1.82, 2.24) is 4.98 Å². The van der Waals surface area contributed by atoms with Crippen LogP contribution >= 0.6 is 27.3 Å². The van der Waals surface area contributed by atoms with Gasteiger partial charge in [-0.1, -0.05) is 18.7 Å². The van der Waals surface area contributed by atoms with Crippen LogP contribution < -0.4 is 4.74 Å². The van der Waals surface area contributed by atoms with Crippen LogP contribution in [0.25, 0.3) is 20.8 Å². The number of carbonyl (C=O) groups is 1. The van der Waals surface area contributed by atoms with Crippen LogP contribution in [-0.4, -0.2) is 11.0 Å². The zero-order valence-corrected chi connectivity index (χ0v) is 13.3. The Bertz CT molecular complexity index is 808. The molecule has 0 radical (unpaired) electrons. The van der Waals surface area contributed by atoms with E-state index in [0.29, 0.717) is 10.2 Å². The summed E-state index contributed by atoms with van der Waals surface area (Å²) in [6.07, 6.45) is 1.13. The lowest BCUT2D eigenvalue weighted by Crippen LogP contribution is -2.03. The number of carbonyl (C=O) groups excluding carboxylic acids is 1. The fourth-order valence-corrected chi connectivity index (χ4v) is 3.28. The number of hydrogen-bond acceptors (Lipinski definition) is 4. The van der Waals surface area contributed by atoms with Crippen molar-refractivity contribution >= 4 is 43.5 Å². The van der Waals surface area contributed by atoms with Gasteiger partial charge in [0.15, 0.2) is 0 Å². The first-order chi connectivity index (χ1) is 10.2. The first-order valence-electron chi connectivity index (χ1n) is 6.17. The lowest BCUT2D eigenvalue weighted by molar-refractivity contribution is -0.129. The molecule has 0 saturated heterocycles. The Kier molecular flexibility index (Phi) is 3.86. The fraction of sp³-hybridized carbons (Fsp3) is 0. The van der Waals surface area contributed by atoms with E-state index in [1.165, 1.54) is 0 Å². The van der Waals surface area contributed by atoms with Gasteiger partial charge in [-0.3, -0.25) is 0 Å². The van der Waals surface area contributed by atoms with Gasteiger partial charge in [-0.05, 0) is 46.3 Å². The molecule has 21 heavy (non-hydrogen) atoms. The number of esters is 1. The molecule has 0 fully saturated rings. The molecule has 0 N–H and O–H groups in total. The highest BCUT2D eigenvalue weighted by molar-refractivity contribution is 9.10. The van der Waals surface area contributed by atoms with E-state index < -0.39 is 5.97 Å². The number of rotatable bonds is 3. The minimum Gasteiger partial charge on any atom is -0.422 e. The number of thiazole rings is 1. The highest BCUT2D eigenvalue weighted by atomic mass is 79.9. The van der Waals surface area contributed by atoms with Crippen LogP contribution in [0.5, 0.6) is 5.75 Å². The summed E-state index contributed by atoms with van der Waals surface area (Å²) in [4.78, 5) is 15.8. The molecule has 104 valence electrons. The molecule has 0 spiro atoms. The summed E-state index contributed by atoms with van der Waals surface area (Å²) in [6.45, 7) is 3.38. The first kappa shape index (κ1) is 14.0. The Hall–Kier alpha value is -1.98. The van der Waals surface area contributed by atoms with Crippen molar-refractivity contribution in [3.63, 3.8) is 0 Å². The number of ether oxygens (including phenoxy) is 1. The van der Waals surface area contributed by atoms with Gasteiger partial charge in [-0.2, -0.15) is 0 Å². The highest BCUT2D eigenvalue weighted by Gasteiger charge is 2.10. The van der Waals surface area contributed by atoms with Crippen LogP contribution in [-0.2, 0) is 4.79 Å². The minimum atomic E-state index is -0.483. The van der Waals surface area contributed by atoms with Crippen molar-refractivity contribution in [2.45, 2.75) is 0 Å². The van der Waals surface area contributed by atoms with E-state index in [1.807, 2.05) is 36.4 Å². The van der Waals surface area contributed by atoms with E-state index in [9.17, 15) is 4.79 Å². The number of benzene rings is 2. The fourth-order valence-electron chi connectivity index (χ4n) is 1.86. The van der Waals surface area contributed by atoms with Gasteiger partial charge in [-0.25, -0.2) is 9.78 Å². The number of hydrogen-bond donors (Lipinski definition) is 0. The second-order valence-corrected chi connectivity index (χ2v) is 6.14. The van der Waals surface area contributed by atoms with E-state index in [-0.39, 0.29) is 0 Å². The van der Waals surface area contributed by atoms with Crippen LogP contribution in [0, 0.1) is 0 Å². The molecule has 0 aliphatic rings. The maximum atomic E-state index is 11.2. The molecular formula is C16H10BrNO2S. The molecular weight excluding hydrogens is 350 g/mol.